The van der Waals surface area contributed by atoms with E-state index in [2.05, 4.69) is 10.9 Å². The van der Waals surface area contributed by atoms with E-state index in [1.165, 1.54) is 0 Å². The van der Waals surface area contributed by atoms with Crippen LogP contribution in [0.5, 0.6) is 11.5 Å². The number of hydrogen-bond acceptors (Lipinski definition) is 10. The minimum Gasteiger partial charge on any atom is -0.497 e. The van der Waals surface area contributed by atoms with Crippen molar-refractivity contribution in [3.8, 4) is 11.5 Å². The zero-order valence-electron chi connectivity index (χ0n) is 23.3. The van der Waals surface area contributed by atoms with Crippen LogP contribution in [0.15, 0.2) is 48.5 Å². The molecule has 0 unspecified atom stereocenters. The molecule has 2 aromatic rings. The van der Waals surface area contributed by atoms with Gasteiger partial charge in [0.1, 0.15) is 11.5 Å². The van der Waals surface area contributed by atoms with Gasteiger partial charge in [-0.05, 0) is 85.1 Å². The zero-order chi connectivity index (χ0) is 28.4. The van der Waals surface area contributed by atoms with Crippen LogP contribution < -0.4 is 20.3 Å². The van der Waals surface area contributed by atoms with E-state index >= 15 is 0 Å². The van der Waals surface area contributed by atoms with E-state index < -0.39 is 0 Å². The molecule has 0 aliphatic carbocycles. The van der Waals surface area contributed by atoms with E-state index in [0.29, 0.717) is 22.6 Å². The van der Waals surface area contributed by atoms with Gasteiger partial charge in [-0.3, -0.25) is 20.4 Å². The second kappa shape index (κ2) is 19.4. The molecule has 1 aliphatic rings. The molecular formula is C28H40N4O4S4. The Morgan fingerprint density at radius 3 is 1.30 bits per heavy atom. The summed E-state index contributed by atoms with van der Waals surface area (Å²) >= 11 is 7.37. The van der Waals surface area contributed by atoms with Gasteiger partial charge in [0.05, 0.1) is 37.7 Å². The van der Waals surface area contributed by atoms with Crippen molar-refractivity contribution in [3.63, 3.8) is 0 Å². The Kier molecular flexibility index (Phi) is 15.9. The minimum atomic E-state index is -0.113. The number of carbonyl (C=O) groups is 2. The summed E-state index contributed by atoms with van der Waals surface area (Å²) in [5.41, 5.74) is 7.36. The molecular weight excluding hydrogens is 585 g/mol. The molecule has 0 aromatic heterocycles. The molecule has 12 heteroatoms. The summed E-state index contributed by atoms with van der Waals surface area (Å²) < 4.78 is 10.5. The standard InChI is InChI=1S/C28H40N4O4S4/c1-35-25-11-7-9-23(17-25)27(33)29-31-19-37-13-3-5-15-39-21-32(22-40-16-6-4-14-38-20-31)30-28(34)24-10-8-12-26(18-24)36-2/h7-12,17-18H,3-6,13-16,19-22H2,1-2H3,(H,29,33)(H,30,34). The summed E-state index contributed by atoms with van der Waals surface area (Å²) in [6.45, 7) is 0. The number of hydrazine groups is 2. The number of carbonyl (C=O) groups excluding carboxylic acids is 2. The predicted molar refractivity (Wildman–Crippen MR) is 172 cm³/mol. The van der Waals surface area contributed by atoms with Crippen LogP contribution >= 0.6 is 47.0 Å². The lowest BCUT2D eigenvalue weighted by molar-refractivity contribution is 0.0835. The fourth-order valence-electron chi connectivity index (χ4n) is 3.66. The topological polar surface area (TPSA) is 83.1 Å². The van der Waals surface area contributed by atoms with Crippen LogP contribution in [0.2, 0.25) is 0 Å². The Hall–Kier alpha value is -1.70. The van der Waals surface area contributed by atoms with E-state index in [1.807, 2.05) is 81.3 Å². The van der Waals surface area contributed by atoms with E-state index in [9.17, 15) is 9.59 Å². The van der Waals surface area contributed by atoms with Gasteiger partial charge in [-0.25, -0.2) is 10.0 Å². The Balaban J connectivity index is 1.47. The second-order valence-corrected chi connectivity index (χ2v) is 13.3. The lowest BCUT2D eigenvalue weighted by Gasteiger charge is -2.23. The van der Waals surface area contributed by atoms with Gasteiger partial charge >= 0.3 is 0 Å². The summed E-state index contributed by atoms with van der Waals surface area (Å²) in [5, 5.41) is 4.04. The summed E-state index contributed by atoms with van der Waals surface area (Å²) in [5.74, 6) is 8.23. The molecule has 1 fully saturated rings. The molecule has 2 aromatic carbocycles. The number of rotatable bonds is 6. The highest BCUT2D eigenvalue weighted by atomic mass is 32.2. The SMILES string of the molecule is COc1cccc(C(=O)NN2CSCCCCSCN(NC(=O)c3cccc(OC)c3)CSCCCCSC2)c1. The molecule has 3 rings (SSSR count). The molecule has 1 saturated heterocycles. The molecule has 40 heavy (non-hydrogen) atoms. The second-order valence-electron chi connectivity index (χ2n) is 8.99. The van der Waals surface area contributed by atoms with Crippen molar-refractivity contribution in [2.75, 3.05) is 60.7 Å². The third kappa shape index (κ3) is 12.4. The molecule has 8 nitrogen and oxygen atoms in total. The number of amides is 2. The average molecular weight is 625 g/mol. The summed E-state index contributed by atoms with van der Waals surface area (Å²) in [6.07, 6.45) is 4.42. The van der Waals surface area contributed by atoms with Crippen LogP contribution in [-0.4, -0.2) is 82.6 Å². The maximum Gasteiger partial charge on any atom is 0.265 e. The summed E-state index contributed by atoms with van der Waals surface area (Å²) in [6, 6.07) is 14.5. The van der Waals surface area contributed by atoms with Crippen LogP contribution in [0.3, 0.4) is 0 Å². The van der Waals surface area contributed by atoms with Crippen molar-refractivity contribution in [2.24, 2.45) is 0 Å². The lowest BCUT2D eigenvalue weighted by atomic mass is 10.2. The largest absolute Gasteiger partial charge is 0.497 e. The maximum absolute atomic E-state index is 12.8. The van der Waals surface area contributed by atoms with E-state index in [-0.39, 0.29) is 11.8 Å². The minimum absolute atomic E-state index is 0.113. The van der Waals surface area contributed by atoms with Crippen LogP contribution in [0.1, 0.15) is 46.4 Å². The Morgan fingerprint density at radius 2 is 0.975 bits per heavy atom. The maximum atomic E-state index is 12.8. The van der Waals surface area contributed by atoms with Crippen molar-refractivity contribution in [1.29, 1.82) is 0 Å². The number of ether oxygens (including phenoxy) is 2. The first kappa shape index (κ1) is 32.8. The number of benzene rings is 2. The Labute approximate surface area is 255 Å². The van der Waals surface area contributed by atoms with E-state index in [4.69, 9.17) is 9.47 Å². The quantitative estimate of drug-likeness (QED) is 0.422. The average Bonchev–Trinajstić information content (AvgIpc) is 2.98. The molecule has 0 saturated carbocycles. The van der Waals surface area contributed by atoms with Gasteiger partial charge in [0, 0.05) is 11.1 Å². The summed E-state index contributed by atoms with van der Waals surface area (Å²) in [4.78, 5) is 25.7. The first-order chi connectivity index (χ1) is 19.6. The van der Waals surface area contributed by atoms with Crippen LogP contribution in [0.4, 0.5) is 0 Å². The molecule has 0 bridgehead atoms. The molecule has 1 heterocycles. The van der Waals surface area contributed by atoms with Gasteiger partial charge in [-0.1, -0.05) is 12.1 Å². The van der Waals surface area contributed by atoms with E-state index in [0.717, 1.165) is 72.2 Å². The fourth-order valence-corrected chi connectivity index (χ4v) is 7.55. The van der Waals surface area contributed by atoms with Crippen LogP contribution in [-0.2, 0) is 0 Å². The molecule has 0 spiro atoms. The van der Waals surface area contributed by atoms with Crippen LogP contribution in [0.25, 0.3) is 0 Å². The number of hydrogen-bond donors (Lipinski definition) is 2. The Morgan fingerprint density at radius 1 is 0.625 bits per heavy atom. The fraction of sp³-hybridized carbons (Fsp3) is 0.500. The summed E-state index contributed by atoms with van der Waals surface area (Å²) in [7, 11) is 3.21. The molecule has 2 N–H and O–H groups in total. The zero-order valence-corrected chi connectivity index (χ0v) is 26.5. The molecule has 2 amide bonds. The third-order valence-corrected chi connectivity index (χ3v) is 10.1. The normalized spacial score (nSPS) is 17.6. The predicted octanol–water partition coefficient (Wildman–Crippen LogP) is 5.63. The smallest absolute Gasteiger partial charge is 0.265 e. The van der Waals surface area contributed by atoms with Crippen molar-refractivity contribution in [1.82, 2.24) is 20.9 Å². The lowest BCUT2D eigenvalue weighted by Crippen LogP contribution is -2.42. The highest BCUT2D eigenvalue weighted by Gasteiger charge is 2.14. The van der Waals surface area contributed by atoms with Gasteiger partial charge in [0.25, 0.3) is 11.8 Å². The first-order valence-electron chi connectivity index (χ1n) is 13.3. The molecule has 0 atom stereocenters. The van der Waals surface area contributed by atoms with Crippen molar-refractivity contribution < 1.29 is 19.1 Å². The van der Waals surface area contributed by atoms with Gasteiger partial charge in [-0.15, -0.1) is 47.0 Å². The number of nitrogens with one attached hydrogen (secondary N) is 2. The molecule has 220 valence electrons. The van der Waals surface area contributed by atoms with Crippen molar-refractivity contribution >= 4 is 58.9 Å². The highest BCUT2D eigenvalue weighted by Crippen LogP contribution is 2.18. The number of methoxy groups -OCH3 is 2. The van der Waals surface area contributed by atoms with Gasteiger partial charge in [0.15, 0.2) is 0 Å². The Bertz CT molecular complexity index is 947. The number of thioether (sulfide) groups is 4. The van der Waals surface area contributed by atoms with E-state index in [1.54, 1.807) is 38.5 Å². The number of nitrogens with zero attached hydrogens (tertiary/aromatic N) is 2. The van der Waals surface area contributed by atoms with Gasteiger partial charge < -0.3 is 9.47 Å². The third-order valence-electron chi connectivity index (χ3n) is 5.83. The van der Waals surface area contributed by atoms with Crippen molar-refractivity contribution in [3.05, 3.63) is 59.7 Å². The first-order valence-corrected chi connectivity index (χ1v) is 17.9. The van der Waals surface area contributed by atoms with Gasteiger partial charge in [-0.2, -0.15) is 0 Å². The monoisotopic (exact) mass is 624 g/mol. The highest BCUT2D eigenvalue weighted by molar-refractivity contribution is 8.00. The molecule has 0 radical (unpaired) electrons. The van der Waals surface area contributed by atoms with Gasteiger partial charge in [0.2, 0.25) is 0 Å². The molecule has 1 aliphatic heterocycles. The van der Waals surface area contributed by atoms with Crippen molar-refractivity contribution in [2.45, 2.75) is 25.7 Å². The van der Waals surface area contributed by atoms with Crippen LogP contribution in [0, 0.1) is 0 Å².